The van der Waals surface area contributed by atoms with Crippen LogP contribution in [0.3, 0.4) is 0 Å². The maximum absolute atomic E-state index is 11.5. The molecule has 0 aliphatic rings. The normalized spacial score (nSPS) is 14.2. The largest absolute Gasteiger partial charge is 0.354 e. The zero-order valence-electron chi connectivity index (χ0n) is 11.2. The van der Waals surface area contributed by atoms with E-state index in [2.05, 4.69) is 10.6 Å². The minimum absolute atomic E-state index is 0.0437. The molecule has 0 aliphatic carbocycles. The second-order valence-corrected chi connectivity index (χ2v) is 4.69. The summed E-state index contributed by atoms with van der Waals surface area (Å²) in [4.78, 5) is 22.9. The van der Waals surface area contributed by atoms with Gasteiger partial charge in [0.2, 0.25) is 11.8 Å². The van der Waals surface area contributed by atoms with E-state index in [4.69, 9.17) is 5.73 Å². The van der Waals surface area contributed by atoms with Crippen LogP contribution in [0.2, 0.25) is 0 Å². The maximum atomic E-state index is 11.5. The smallest absolute Gasteiger partial charge is 0.237 e. The quantitative estimate of drug-likeness (QED) is 0.605. The number of nitrogens with one attached hydrogen (secondary N) is 2. The van der Waals surface area contributed by atoms with Crippen molar-refractivity contribution >= 4 is 11.8 Å². The van der Waals surface area contributed by atoms with Gasteiger partial charge in [-0.25, -0.2) is 0 Å². The average Bonchev–Trinajstić information content (AvgIpc) is 2.27. The van der Waals surface area contributed by atoms with Gasteiger partial charge >= 0.3 is 0 Å². The van der Waals surface area contributed by atoms with E-state index in [1.165, 1.54) is 0 Å². The van der Waals surface area contributed by atoms with Gasteiger partial charge in [0.25, 0.3) is 0 Å². The van der Waals surface area contributed by atoms with E-state index in [9.17, 15) is 9.59 Å². The van der Waals surface area contributed by atoms with Crippen molar-refractivity contribution in [3.8, 4) is 0 Å². The van der Waals surface area contributed by atoms with Gasteiger partial charge in [-0.3, -0.25) is 9.59 Å². The predicted octanol–water partition coefficient (Wildman–Crippen LogP) is 0.391. The molecule has 0 bridgehead atoms. The first kappa shape index (κ1) is 15.9. The second-order valence-electron chi connectivity index (χ2n) is 4.69. The third-order valence-electron chi connectivity index (χ3n) is 2.69. The van der Waals surface area contributed by atoms with E-state index in [-0.39, 0.29) is 23.8 Å². The molecule has 0 aromatic carbocycles. The summed E-state index contributed by atoms with van der Waals surface area (Å²) in [6.07, 6.45) is 1.19. The summed E-state index contributed by atoms with van der Waals surface area (Å²) in [6, 6.07) is -0.330. The molecular weight excluding hydrogens is 218 g/mol. The summed E-state index contributed by atoms with van der Waals surface area (Å²) in [7, 11) is 0. The number of nitrogens with two attached hydrogens (primary N) is 1. The molecule has 0 radical (unpaired) electrons. The number of carbonyl (C=O) groups excluding carboxylic acids is 2. The van der Waals surface area contributed by atoms with E-state index in [0.717, 1.165) is 6.42 Å². The minimum Gasteiger partial charge on any atom is -0.354 e. The lowest BCUT2D eigenvalue weighted by atomic mass is 10.1. The Morgan fingerprint density at radius 3 is 2.29 bits per heavy atom. The highest BCUT2D eigenvalue weighted by Crippen LogP contribution is 1.97. The summed E-state index contributed by atoms with van der Waals surface area (Å²) in [5.74, 6) is -0.141. The molecule has 17 heavy (non-hydrogen) atoms. The van der Waals surface area contributed by atoms with Gasteiger partial charge in [0.1, 0.15) is 0 Å². The van der Waals surface area contributed by atoms with Crippen LogP contribution in [0.5, 0.6) is 0 Å². The molecule has 0 fully saturated rings. The molecule has 4 N–H and O–H groups in total. The maximum Gasteiger partial charge on any atom is 0.237 e. The monoisotopic (exact) mass is 243 g/mol. The summed E-state index contributed by atoms with van der Waals surface area (Å²) in [5.41, 5.74) is 5.67. The number of rotatable bonds is 7. The topological polar surface area (TPSA) is 84.2 Å². The Bertz CT molecular complexity index is 254. The second kappa shape index (κ2) is 8.06. The highest BCUT2D eigenvalue weighted by molar-refractivity contribution is 5.82. The van der Waals surface area contributed by atoms with Gasteiger partial charge in [0.15, 0.2) is 0 Å². The molecule has 2 amide bonds. The Hall–Kier alpha value is -1.10. The van der Waals surface area contributed by atoms with Crippen LogP contribution in [0.15, 0.2) is 0 Å². The van der Waals surface area contributed by atoms with Crippen molar-refractivity contribution < 1.29 is 9.59 Å². The molecule has 5 heteroatoms. The first-order chi connectivity index (χ1) is 7.88. The van der Waals surface area contributed by atoms with Crippen LogP contribution >= 0.6 is 0 Å². The zero-order chi connectivity index (χ0) is 13.4. The summed E-state index contributed by atoms with van der Waals surface area (Å²) in [5, 5.41) is 5.49. The molecule has 0 aliphatic heterocycles. The SMILES string of the molecule is CCC(C)NC(=O)CCNC(=O)[C@H](N)C(C)C. The molecule has 1 unspecified atom stereocenters. The van der Waals surface area contributed by atoms with Gasteiger partial charge < -0.3 is 16.4 Å². The fourth-order valence-corrected chi connectivity index (χ4v) is 1.17. The Morgan fingerprint density at radius 2 is 1.82 bits per heavy atom. The van der Waals surface area contributed by atoms with Crippen molar-refractivity contribution in [2.24, 2.45) is 11.7 Å². The summed E-state index contributed by atoms with van der Waals surface area (Å²) < 4.78 is 0. The number of hydrogen-bond acceptors (Lipinski definition) is 3. The molecule has 0 heterocycles. The van der Waals surface area contributed by atoms with Crippen molar-refractivity contribution in [2.45, 2.75) is 52.6 Å². The number of amides is 2. The molecule has 0 saturated heterocycles. The predicted molar refractivity (Wildman–Crippen MR) is 68.3 cm³/mol. The van der Waals surface area contributed by atoms with Crippen LogP contribution in [-0.2, 0) is 9.59 Å². The molecule has 5 nitrogen and oxygen atoms in total. The van der Waals surface area contributed by atoms with Crippen LogP contribution in [-0.4, -0.2) is 30.4 Å². The highest BCUT2D eigenvalue weighted by Gasteiger charge is 2.16. The zero-order valence-corrected chi connectivity index (χ0v) is 11.2. The number of hydrogen-bond donors (Lipinski definition) is 3. The molecule has 0 rings (SSSR count). The molecule has 0 aromatic heterocycles. The van der Waals surface area contributed by atoms with E-state index in [0.29, 0.717) is 13.0 Å². The number of carbonyl (C=O) groups is 2. The van der Waals surface area contributed by atoms with Crippen LogP contribution in [0.25, 0.3) is 0 Å². The fraction of sp³-hybridized carbons (Fsp3) is 0.833. The minimum atomic E-state index is -0.507. The average molecular weight is 243 g/mol. The first-order valence-electron chi connectivity index (χ1n) is 6.21. The lowest BCUT2D eigenvalue weighted by molar-refractivity contribution is -0.123. The molecule has 0 saturated carbocycles. The van der Waals surface area contributed by atoms with E-state index < -0.39 is 6.04 Å². The standard InChI is InChI=1S/C12H25N3O2/c1-5-9(4)15-10(16)6-7-14-12(17)11(13)8(2)3/h8-9,11H,5-7,13H2,1-4H3,(H,14,17)(H,15,16)/t9?,11-/m1/s1. The molecular formula is C12H25N3O2. The van der Waals surface area contributed by atoms with Crippen LogP contribution in [0.4, 0.5) is 0 Å². The third-order valence-corrected chi connectivity index (χ3v) is 2.69. The van der Waals surface area contributed by atoms with Gasteiger partial charge in [0, 0.05) is 19.0 Å². The molecule has 0 aromatic rings. The Balaban J connectivity index is 3.77. The first-order valence-corrected chi connectivity index (χ1v) is 6.21. The summed E-state index contributed by atoms with van der Waals surface area (Å²) in [6.45, 7) is 8.07. The lowest BCUT2D eigenvalue weighted by Gasteiger charge is -2.15. The van der Waals surface area contributed by atoms with Crippen molar-refractivity contribution in [3.05, 3.63) is 0 Å². The van der Waals surface area contributed by atoms with Crippen LogP contribution in [0, 0.1) is 5.92 Å². The Kier molecular flexibility index (Phi) is 7.54. The van der Waals surface area contributed by atoms with Gasteiger partial charge in [-0.15, -0.1) is 0 Å². The Labute approximate surface area is 104 Å². The van der Waals surface area contributed by atoms with Gasteiger partial charge in [0.05, 0.1) is 6.04 Å². The fourth-order valence-electron chi connectivity index (χ4n) is 1.17. The van der Waals surface area contributed by atoms with Crippen molar-refractivity contribution in [1.82, 2.24) is 10.6 Å². The molecule has 100 valence electrons. The Morgan fingerprint density at radius 1 is 1.24 bits per heavy atom. The highest BCUT2D eigenvalue weighted by atomic mass is 16.2. The lowest BCUT2D eigenvalue weighted by Crippen LogP contribution is -2.45. The van der Waals surface area contributed by atoms with Crippen molar-refractivity contribution in [3.63, 3.8) is 0 Å². The van der Waals surface area contributed by atoms with Crippen LogP contribution < -0.4 is 16.4 Å². The third kappa shape index (κ3) is 6.94. The van der Waals surface area contributed by atoms with Crippen LogP contribution in [0.1, 0.15) is 40.5 Å². The molecule has 0 spiro atoms. The molecule has 2 atom stereocenters. The van der Waals surface area contributed by atoms with Gasteiger partial charge in [-0.2, -0.15) is 0 Å². The van der Waals surface area contributed by atoms with Crippen molar-refractivity contribution in [2.75, 3.05) is 6.54 Å². The van der Waals surface area contributed by atoms with Gasteiger partial charge in [-0.1, -0.05) is 20.8 Å². The van der Waals surface area contributed by atoms with E-state index in [1.54, 1.807) is 0 Å². The summed E-state index contributed by atoms with van der Waals surface area (Å²) >= 11 is 0. The van der Waals surface area contributed by atoms with Gasteiger partial charge in [-0.05, 0) is 19.3 Å². The van der Waals surface area contributed by atoms with E-state index in [1.807, 2.05) is 27.7 Å². The van der Waals surface area contributed by atoms with Crippen molar-refractivity contribution in [1.29, 1.82) is 0 Å². The van der Waals surface area contributed by atoms with E-state index >= 15 is 0 Å².